The van der Waals surface area contributed by atoms with E-state index >= 15 is 0 Å². The molecular weight excluding hydrogens is 280 g/mol. The first kappa shape index (κ1) is 18.0. The van der Waals surface area contributed by atoms with E-state index in [1.807, 2.05) is 39.8 Å². The number of nitrogens with zero attached hydrogens (tertiary/aromatic N) is 1. The van der Waals surface area contributed by atoms with Crippen LogP contribution in [0.2, 0.25) is 0 Å². The molecule has 0 bridgehead atoms. The van der Waals surface area contributed by atoms with Gasteiger partial charge in [0.15, 0.2) is 0 Å². The molecule has 1 N–H and O–H groups in total. The molecule has 22 heavy (non-hydrogen) atoms. The largest absolute Gasteiger partial charge is 0.491 e. The molecule has 0 unspecified atom stereocenters. The van der Waals surface area contributed by atoms with Crippen molar-refractivity contribution in [2.45, 2.75) is 40.7 Å². The molecule has 2 amide bonds. The highest BCUT2D eigenvalue weighted by molar-refractivity contribution is 5.94. The first-order chi connectivity index (χ1) is 10.3. The van der Waals surface area contributed by atoms with Crippen LogP contribution in [0.3, 0.4) is 0 Å². The normalized spacial score (nSPS) is 10.7. The van der Waals surface area contributed by atoms with Crippen LogP contribution in [0, 0.1) is 5.92 Å². The van der Waals surface area contributed by atoms with E-state index in [0.717, 1.165) is 5.75 Å². The maximum Gasteiger partial charge on any atom is 0.243 e. The van der Waals surface area contributed by atoms with Crippen LogP contribution >= 0.6 is 0 Å². The number of carbonyl (C=O) groups excluding carboxylic acids is 2. The fourth-order valence-corrected chi connectivity index (χ4v) is 2.01. The van der Waals surface area contributed by atoms with Gasteiger partial charge in [0.1, 0.15) is 5.75 Å². The van der Waals surface area contributed by atoms with Gasteiger partial charge in [-0.1, -0.05) is 13.8 Å². The lowest BCUT2D eigenvalue weighted by atomic mass is 10.2. The van der Waals surface area contributed by atoms with Crippen LogP contribution in [0.5, 0.6) is 5.75 Å². The van der Waals surface area contributed by atoms with E-state index in [2.05, 4.69) is 5.32 Å². The Hall–Kier alpha value is -2.04. The molecule has 0 spiro atoms. The van der Waals surface area contributed by atoms with Crippen LogP contribution < -0.4 is 10.1 Å². The number of anilines is 1. The van der Waals surface area contributed by atoms with E-state index < -0.39 is 0 Å². The third-order valence-corrected chi connectivity index (χ3v) is 2.88. The Kier molecular flexibility index (Phi) is 6.89. The summed E-state index contributed by atoms with van der Waals surface area (Å²) >= 11 is 0. The molecule has 0 atom stereocenters. The van der Waals surface area contributed by atoms with E-state index in [9.17, 15) is 9.59 Å². The van der Waals surface area contributed by atoms with E-state index in [0.29, 0.717) is 18.2 Å². The third-order valence-electron chi connectivity index (χ3n) is 2.88. The predicted molar refractivity (Wildman–Crippen MR) is 87.9 cm³/mol. The number of rotatable bonds is 7. The van der Waals surface area contributed by atoms with Crippen molar-refractivity contribution in [3.63, 3.8) is 0 Å². The Labute approximate surface area is 132 Å². The topological polar surface area (TPSA) is 58.6 Å². The fourth-order valence-electron chi connectivity index (χ4n) is 2.01. The van der Waals surface area contributed by atoms with Crippen molar-refractivity contribution < 1.29 is 14.3 Å². The SMILES string of the molecule is CC(=O)N(CC(=O)Nc1ccc(OC(C)C)cc1)CC(C)C. The predicted octanol–water partition coefficient (Wildman–Crippen LogP) is 2.92. The lowest BCUT2D eigenvalue weighted by Crippen LogP contribution is -2.38. The van der Waals surface area contributed by atoms with Gasteiger partial charge in [0.2, 0.25) is 11.8 Å². The van der Waals surface area contributed by atoms with Crippen LogP contribution in [0.1, 0.15) is 34.6 Å². The minimum Gasteiger partial charge on any atom is -0.491 e. The molecule has 0 saturated carbocycles. The van der Waals surface area contributed by atoms with Gasteiger partial charge in [-0.25, -0.2) is 0 Å². The van der Waals surface area contributed by atoms with Gasteiger partial charge in [-0.05, 0) is 44.0 Å². The second-order valence-electron chi connectivity index (χ2n) is 6.03. The summed E-state index contributed by atoms with van der Waals surface area (Å²) in [6, 6.07) is 7.20. The Balaban J connectivity index is 2.58. The minimum absolute atomic E-state index is 0.0672. The average molecular weight is 306 g/mol. The highest BCUT2D eigenvalue weighted by Crippen LogP contribution is 2.16. The lowest BCUT2D eigenvalue weighted by molar-refractivity contribution is -0.133. The number of benzene rings is 1. The molecule has 0 heterocycles. The van der Waals surface area contributed by atoms with Crippen molar-refractivity contribution >= 4 is 17.5 Å². The van der Waals surface area contributed by atoms with Crippen LogP contribution in [0.4, 0.5) is 5.69 Å². The quantitative estimate of drug-likeness (QED) is 0.842. The minimum atomic E-state index is -0.201. The molecule has 122 valence electrons. The molecule has 1 aromatic rings. The first-order valence-corrected chi connectivity index (χ1v) is 7.60. The van der Waals surface area contributed by atoms with Crippen molar-refractivity contribution in [3.05, 3.63) is 24.3 Å². The zero-order valence-electron chi connectivity index (χ0n) is 14.1. The second kappa shape index (κ2) is 8.41. The molecule has 1 rings (SSSR count). The molecule has 5 heteroatoms. The summed E-state index contributed by atoms with van der Waals surface area (Å²) in [5.41, 5.74) is 0.689. The summed E-state index contributed by atoms with van der Waals surface area (Å²) < 4.78 is 5.55. The molecule has 0 aliphatic rings. The maximum absolute atomic E-state index is 12.0. The third kappa shape index (κ3) is 6.61. The van der Waals surface area contributed by atoms with E-state index in [1.165, 1.54) is 6.92 Å². The molecule has 0 aromatic heterocycles. The maximum atomic E-state index is 12.0. The summed E-state index contributed by atoms with van der Waals surface area (Å²) in [4.78, 5) is 25.1. The van der Waals surface area contributed by atoms with Gasteiger partial charge in [0.25, 0.3) is 0 Å². The van der Waals surface area contributed by atoms with Crippen molar-refractivity contribution in [2.24, 2.45) is 5.92 Å². The van der Waals surface area contributed by atoms with Crippen LogP contribution in [-0.2, 0) is 9.59 Å². The Morgan fingerprint density at radius 3 is 2.18 bits per heavy atom. The van der Waals surface area contributed by atoms with Gasteiger partial charge in [0.05, 0.1) is 12.6 Å². The molecule has 0 aliphatic heterocycles. The highest BCUT2D eigenvalue weighted by atomic mass is 16.5. The molecule has 0 saturated heterocycles. The lowest BCUT2D eigenvalue weighted by Gasteiger charge is -2.22. The summed E-state index contributed by atoms with van der Waals surface area (Å²) in [7, 11) is 0. The number of hydrogen-bond acceptors (Lipinski definition) is 3. The van der Waals surface area contributed by atoms with Crippen LogP contribution in [-0.4, -0.2) is 35.9 Å². The highest BCUT2D eigenvalue weighted by Gasteiger charge is 2.15. The number of carbonyl (C=O) groups is 2. The Bertz CT molecular complexity index is 495. The summed E-state index contributed by atoms with van der Waals surface area (Å²) in [6.07, 6.45) is 0.112. The fraction of sp³-hybridized carbons (Fsp3) is 0.529. The molecule has 0 aliphatic carbocycles. The number of nitrogens with one attached hydrogen (secondary N) is 1. The standard InChI is InChI=1S/C17H26N2O3/c1-12(2)10-19(14(5)20)11-17(21)18-15-6-8-16(9-7-15)22-13(3)4/h6-9,12-13H,10-11H2,1-5H3,(H,18,21). The van der Waals surface area contributed by atoms with E-state index in [1.54, 1.807) is 17.0 Å². The number of amides is 2. The number of ether oxygens (including phenoxy) is 1. The smallest absolute Gasteiger partial charge is 0.243 e. The summed E-state index contributed by atoms with van der Waals surface area (Å²) in [6.45, 7) is 10.1. The average Bonchev–Trinajstić information content (AvgIpc) is 2.39. The molecule has 0 radical (unpaired) electrons. The Morgan fingerprint density at radius 2 is 1.73 bits per heavy atom. The van der Waals surface area contributed by atoms with Crippen molar-refractivity contribution in [1.29, 1.82) is 0 Å². The molecule has 0 fully saturated rings. The van der Waals surface area contributed by atoms with Gasteiger partial charge in [-0.2, -0.15) is 0 Å². The zero-order valence-corrected chi connectivity index (χ0v) is 14.1. The first-order valence-electron chi connectivity index (χ1n) is 7.60. The molecular formula is C17H26N2O3. The van der Waals surface area contributed by atoms with Crippen LogP contribution in [0.15, 0.2) is 24.3 Å². The van der Waals surface area contributed by atoms with Gasteiger partial charge in [-0.15, -0.1) is 0 Å². The second-order valence-corrected chi connectivity index (χ2v) is 6.03. The molecule has 5 nitrogen and oxygen atoms in total. The Morgan fingerprint density at radius 1 is 1.14 bits per heavy atom. The zero-order chi connectivity index (χ0) is 16.7. The van der Waals surface area contributed by atoms with Crippen LogP contribution in [0.25, 0.3) is 0 Å². The van der Waals surface area contributed by atoms with Gasteiger partial charge < -0.3 is 15.0 Å². The molecule has 1 aromatic carbocycles. The van der Waals surface area contributed by atoms with E-state index in [4.69, 9.17) is 4.74 Å². The summed E-state index contributed by atoms with van der Waals surface area (Å²) in [5, 5.41) is 2.79. The van der Waals surface area contributed by atoms with Crippen molar-refractivity contribution in [2.75, 3.05) is 18.4 Å². The van der Waals surface area contributed by atoms with Gasteiger partial charge in [-0.3, -0.25) is 9.59 Å². The number of hydrogen-bond donors (Lipinski definition) is 1. The van der Waals surface area contributed by atoms with Gasteiger partial charge in [0, 0.05) is 19.2 Å². The van der Waals surface area contributed by atoms with E-state index in [-0.39, 0.29) is 24.5 Å². The van der Waals surface area contributed by atoms with Crippen molar-refractivity contribution in [3.8, 4) is 5.75 Å². The van der Waals surface area contributed by atoms with Crippen molar-refractivity contribution in [1.82, 2.24) is 4.90 Å². The van der Waals surface area contributed by atoms with Gasteiger partial charge >= 0.3 is 0 Å². The monoisotopic (exact) mass is 306 g/mol. The summed E-state index contributed by atoms with van der Waals surface area (Å²) in [5.74, 6) is 0.792.